The van der Waals surface area contributed by atoms with Gasteiger partial charge in [0.1, 0.15) is 29.5 Å². The largest absolute Gasteiger partial charge is 0.486 e. The number of nitrogens with zero attached hydrogens (tertiary/aromatic N) is 2. The van der Waals surface area contributed by atoms with Gasteiger partial charge in [0.25, 0.3) is 0 Å². The molecule has 0 bridgehead atoms. The molecule has 2 heterocycles. The van der Waals surface area contributed by atoms with Crippen molar-refractivity contribution in [2.24, 2.45) is 5.92 Å². The number of aromatic nitrogens is 1. The molecule has 5 heteroatoms. The maximum absolute atomic E-state index is 14.2. The second-order valence-electron chi connectivity index (χ2n) is 8.61. The van der Waals surface area contributed by atoms with Crippen LogP contribution in [-0.2, 0) is 13.0 Å². The predicted octanol–water partition coefficient (Wildman–Crippen LogP) is 7.07. The first-order chi connectivity index (χ1) is 16.2. The Morgan fingerprint density at radius 3 is 2.48 bits per heavy atom. The zero-order valence-electron chi connectivity index (χ0n) is 18.4. The van der Waals surface area contributed by atoms with Crippen molar-refractivity contribution in [2.75, 3.05) is 18.0 Å². The molecule has 5 rings (SSSR count). The highest BCUT2D eigenvalue weighted by molar-refractivity contribution is 6.31. The number of halogens is 2. The molecule has 168 valence electrons. The summed E-state index contributed by atoms with van der Waals surface area (Å²) in [5.41, 5.74) is 2.55. The van der Waals surface area contributed by atoms with Gasteiger partial charge < -0.3 is 9.64 Å². The van der Waals surface area contributed by atoms with Crippen LogP contribution in [0.25, 0.3) is 10.9 Å². The molecule has 1 aliphatic rings. The van der Waals surface area contributed by atoms with E-state index in [2.05, 4.69) is 47.4 Å². The van der Waals surface area contributed by atoms with Crippen LogP contribution in [-0.4, -0.2) is 18.1 Å². The summed E-state index contributed by atoms with van der Waals surface area (Å²) < 4.78 is 20.1. The van der Waals surface area contributed by atoms with Crippen molar-refractivity contribution < 1.29 is 9.13 Å². The van der Waals surface area contributed by atoms with E-state index >= 15 is 0 Å². The van der Waals surface area contributed by atoms with Crippen molar-refractivity contribution in [1.29, 1.82) is 0 Å². The number of piperidine rings is 1. The monoisotopic (exact) mass is 460 g/mol. The number of anilines is 1. The first kappa shape index (κ1) is 21.7. The van der Waals surface area contributed by atoms with Crippen LogP contribution < -0.4 is 9.64 Å². The van der Waals surface area contributed by atoms with E-state index in [-0.39, 0.29) is 12.4 Å². The lowest BCUT2D eigenvalue weighted by molar-refractivity contribution is 0.303. The number of hydrogen-bond donors (Lipinski definition) is 0. The van der Waals surface area contributed by atoms with Crippen LogP contribution in [0.4, 0.5) is 10.2 Å². The zero-order valence-corrected chi connectivity index (χ0v) is 19.1. The molecular weight excluding hydrogens is 435 g/mol. The predicted molar refractivity (Wildman–Crippen MR) is 133 cm³/mol. The van der Waals surface area contributed by atoms with Gasteiger partial charge in [-0.1, -0.05) is 60.1 Å². The lowest BCUT2D eigenvalue weighted by Gasteiger charge is -2.33. The van der Waals surface area contributed by atoms with Crippen LogP contribution in [0.2, 0.25) is 5.02 Å². The quantitative estimate of drug-likeness (QED) is 0.308. The first-order valence-corrected chi connectivity index (χ1v) is 11.8. The molecule has 1 saturated heterocycles. The molecule has 0 unspecified atom stereocenters. The van der Waals surface area contributed by atoms with Gasteiger partial charge in [-0.2, -0.15) is 0 Å². The molecule has 33 heavy (non-hydrogen) atoms. The van der Waals surface area contributed by atoms with Gasteiger partial charge in [-0.3, -0.25) is 0 Å². The number of fused-ring (bicyclic) bond motifs is 1. The molecule has 4 aromatic rings. The second-order valence-corrected chi connectivity index (χ2v) is 9.01. The summed E-state index contributed by atoms with van der Waals surface area (Å²) >= 11 is 6.16. The molecule has 0 aliphatic carbocycles. The fourth-order valence-corrected chi connectivity index (χ4v) is 4.75. The molecule has 0 N–H and O–H groups in total. The number of benzene rings is 3. The van der Waals surface area contributed by atoms with E-state index in [1.165, 1.54) is 11.6 Å². The van der Waals surface area contributed by atoms with E-state index in [9.17, 15) is 4.39 Å². The van der Waals surface area contributed by atoms with Crippen molar-refractivity contribution in [2.45, 2.75) is 25.9 Å². The Bertz CT molecular complexity index is 1220. The fourth-order valence-electron chi connectivity index (χ4n) is 4.54. The molecular formula is C28H26ClFN2O. The molecule has 1 aliphatic heterocycles. The van der Waals surface area contributed by atoms with Crippen molar-refractivity contribution >= 4 is 28.3 Å². The van der Waals surface area contributed by atoms with E-state index in [1.54, 1.807) is 12.1 Å². The summed E-state index contributed by atoms with van der Waals surface area (Å²) in [7, 11) is 0. The minimum absolute atomic E-state index is 0.0570. The molecule has 1 aromatic heterocycles. The summed E-state index contributed by atoms with van der Waals surface area (Å²) in [6.07, 6.45) is 3.44. The average Bonchev–Trinajstić information content (AvgIpc) is 2.85. The topological polar surface area (TPSA) is 25.4 Å². The lowest BCUT2D eigenvalue weighted by atomic mass is 9.90. The van der Waals surface area contributed by atoms with E-state index in [0.717, 1.165) is 49.1 Å². The molecule has 0 atom stereocenters. The van der Waals surface area contributed by atoms with Gasteiger partial charge in [0.2, 0.25) is 0 Å². The highest BCUT2D eigenvalue weighted by atomic mass is 35.5. The summed E-state index contributed by atoms with van der Waals surface area (Å²) in [6.45, 7) is 2.04. The van der Waals surface area contributed by atoms with Gasteiger partial charge in [-0.05, 0) is 61.1 Å². The smallest absolute Gasteiger partial charge is 0.146 e. The number of para-hydroxylation sites is 1. The first-order valence-electron chi connectivity index (χ1n) is 11.4. The Hall–Kier alpha value is -3.11. The maximum Gasteiger partial charge on any atom is 0.146 e. The van der Waals surface area contributed by atoms with Crippen LogP contribution >= 0.6 is 11.6 Å². The molecule has 1 fully saturated rings. The summed E-state index contributed by atoms with van der Waals surface area (Å²) in [5.74, 6) is 1.93. The van der Waals surface area contributed by atoms with Crippen molar-refractivity contribution in [3.8, 4) is 5.75 Å². The Morgan fingerprint density at radius 2 is 1.70 bits per heavy atom. The van der Waals surface area contributed by atoms with Crippen LogP contribution in [0.15, 0.2) is 78.9 Å². The normalized spacial score (nSPS) is 14.5. The van der Waals surface area contributed by atoms with Crippen LogP contribution in [0.3, 0.4) is 0 Å². The van der Waals surface area contributed by atoms with Crippen molar-refractivity contribution in [1.82, 2.24) is 4.98 Å². The van der Waals surface area contributed by atoms with Gasteiger partial charge >= 0.3 is 0 Å². The highest BCUT2D eigenvalue weighted by Gasteiger charge is 2.21. The molecule has 3 aromatic carbocycles. The summed E-state index contributed by atoms with van der Waals surface area (Å²) in [4.78, 5) is 7.29. The Balaban J connectivity index is 1.30. The SMILES string of the molecule is Fc1cccc(Cl)c1COc1cccc2ccc(N3CCC(Cc4ccccc4)CC3)nc12. The second kappa shape index (κ2) is 9.80. The Morgan fingerprint density at radius 1 is 0.909 bits per heavy atom. The highest BCUT2D eigenvalue weighted by Crippen LogP contribution is 2.30. The van der Waals surface area contributed by atoms with Crippen LogP contribution in [0.1, 0.15) is 24.0 Å². The molecule has 0 saturated carbocycles. The summed E-state index contributed by atoms with van der Waals surface area (Å²) in [6, 6.07) is 25.4. The molecule has 3 nitrogen and oxygen atoms in total. The maximum atomic E-state index is 14.2. The van der Waals surface area contributed by atoms with Crippen LogP contribution in [0.5, 0.6) is 5.75 Å². The summed E-state index contributed by atoms with van der Waals surface area (Å²) in [5, 5.41) is 1.36. The fraction of sp³-hybridized carbons (Fsp3) is 0.250. The number of pyridine rings is 1. The zero-order chi connectivity index (χ0) is 22.6. The van der Waals surface area contributed by atoms with Gasteiger partial charge in [-0.15, -0.1) is 0 Å². The van der Waals surface area contributed by atoms with E-state index in [1.807, 2.05) is 18.2 Å². The van der Waals surface area contributed by atoms with E-state index in [4.69, 9.17) is 21.3 Å². The molecule has 0 radical (unpaired) electrons. The van der Waals surface area contributed by atoms with Gasteiger partial charge in [0.15, 0.2) is 0 Å². The van der Waals surface area contributed by atoms with Gasteiger partial charge in [0.05, 0.1) is 5.02 Å². The van der Waals surface area contributed by atoms with Crippen molar-refractivity contribution in [3.05, 3.63) is 101 Å². The van der Waals surface area contributed by atoms with E-state index in [0.29, 0.717) is 22.3 Å². The standard InChI is InChI=1S/C28H26ClFN2O/c29-24-9-5-10-25(30)23(24)19-33-26-11-4-8-22-12-13-27(31-28(22)26)32-16-14-21(15-17-32)18-20-6-2-1-3-7-20/h1-13,21H,14-19H2. The number of ether oxygens (including phenoxy) is 1. The van der Waals surface area contributed by atoms with Gasteiger partial charge in [-0.25, -0.2) is 9.37 Å². The lowest BCUT2D eigenvalue weighted by Crippen LogP contribution is -2.34. The number of hydrogen-bond acceptors (Lipinski definition) is 3. The van der Waals surface area contributed by atoms with Gasteiger partial charge in [0, 0.05) is 24.0 Å². The number of rotatable bonds is 6. The third-order valence-electron chi connectivity index (χ3n) is 6.41. The minimum Gasteiger partial charge on any atom is -0.486 e. The molecule has 0 spiro atoms. The van der Waals surface area contributed by atoms with Crippen LogP contribution in [0, 0.1) is 11.7 Å². The third-order valence-corrected chi connectivity index (χ3v) is 6.76. The average molecular weight is 461 g/mol. The Kier molecular flexibility index (Phi) is 6.45. The minimum atomic E-state index is -0.366. The third kappa shape index (κ3) is 4.96. The molecule has 0 amide bonds. The van der Waals surface area contributed by atoms with Crippen molar-refractivity contribution in [3.63, 3.8) is 0 Å². The van der Waals surface area contributed by atoms with E-state index < -0.39 is 0 Å². The Labute approximate surface area is 198 Å².